The highest BCUT2D eigenvalue weighted by atomic mass is 16.5. The molecule has 0 fully saturated rings. The van der Waals surface area contributed by atoms with Gasteiger partial charge >= 0.3 is 0 Å². The highest BCUT2D eigenvalue weighted by Gasteiger charge is 2.20. The van der Waals surface area contributed by atoms with Crippen molar-refractivity contribution in [2.24, 2.45) is 0 Å². The number of benzene rings is 3. The zero-order chi connectivity index (χ0) is 22.0. The van der Waals surface area contributed by atoms with Crippen molar-refractivity contribution in [3.05, 3.63) is 94.8 Å². The van der Waals surface area contributed by atoms with Crippen molar-refractivity contribution in [3.8, 4) is 5.75 Å². The van der Waals surface area contributed by atoms with E-state index in [1.165, 1.54) is 16.7 Å². The lowest BCUT2D eigenvalue weighted by atomic mass is 10.0. The van der Waals surface area contributed by atoms with Crippen LogP contribution in [0.2, 0.25) is 0 Å². The Hall–Kier alpha value is -3.11. The fourth-order valence-corrected chi connectivity index (χ4v) is 3.83. The number of aliphatic hydroxyl groups excluding tert-OH is 1. The van der Waals surface area contributed by atoms with Crippen LogP contribution < -0.4 is 4.74 Å². The predicted octanol–water partition coefficient (Wildman–Crippen LogP) is 5.94. The average Bonchev–Trinajstić information content (AvgIpc) is 3.11. The van der Waals surface area contributed by atoms with E-state index in [1.807, 2.05) is 42.5 Å². The van der Waals surface area contributed by atoms with Crippen LogP contribution in [-0.2, 0) is 6.54 Å². The highest BCUT2D eigenvalue weighted by molar-refractivity contribution is 5.78. The van der Waals surface area contributed by atoms with E-state index in [-0.39, 0.29) is 0 Å². The minimum Gasteiger partial charge on any atom is -0.492 e. The van der Waals surface area contributed by atoms with Crippen LogP contribution in [0.25, 0.3) is 11.0 Å². The minimum absolute atomic E-state index is 0.494. The van der Waals surface area contributed by atoms with Crippen molar-refractivity contribution in [2.75, 3.05) is 6.61 Å². The molecule has 0 saturated heterocycles. The Balaban J connectivity index is 1.62. The zero-order valence-corrected chi connectivity index (χ0v) is 18.7. The molecule has 1 heterocycles. The number of aromatic nitrogens is 2. The first-order valence-corrected chi connectivity index (χ1v) is 10.9. The van der Waals surface area contributed by atoms with Gasteiger partial charge in [0.25, 0.3) is 0 Å². The molecule has 160 valence electrons. The van der Waals surface area contributed by atoms with E-state index < -0.39 is 6.10 Å². The number of imidazole rings is 1. The van der Waals surface area contributed by atoms with Gasteiger partial charge in [-0.1, -0.05) is 56.3 Å². The fourth-order valence-electron chi connectivity index (χ4n) is 3.83. The second-order valence-corrected chi connectivity index (χ2v) is 8.43. The standard InChI is InChI=1S/C27H30N2O2/c1-18(2)21-10-12-23(13-11-21)31-15-14-29-25-17-20(4)19(3)16-24(25)28-27(29)26(30)22-8-6-5-7-9-22/h5-13,16-18,26,30H,14-15H2,1-4H3. The quantitative estimate of drug-likeness (QED) is 0.407. The molecule has 4 nitrogen and oxygen atoms in total. The summed E-state index contributed by atoms with van der Waals surface area (Å²) in [6.45, 7) is 9.65. The Kier molecular flexibility index (Phi) is 6.10. The molecular weight excluding hydrogens is 384 g/mol. The van der Waals surface area contributed by atoms with Crippen LogP contribution >= 0.6 is 0 Å². The van der Waals surface area contributed by atoms with Crippen LogP contribution in [0.4, 0.5) is 0 Å². The van der Waals surface area contributed by atoms with E-state index in [9.17, 15) is 5.11 Å². The van der Waals surface area contributed by atoms with Crippen molar-refractivity contribution >= 4 is 11.0 Å². The highest BCUT2D eigenvalue weighted by Crippen LogP contribution is 2.28. The molecule has 4 rings (SSSR count). The van der Waals surface area contributed by atoms with Gasteiger partial charge in [0.2, 0.25) is 0 Å². The maximum absolute atomic E-state index is 11.1. The van der Waals surface area contributed by atoms with Gasteiger partial charge in [-0.3, -0.25) is 0 Å². The molecule has 31 heavy (non-hydrogen) atoms. The second kappa shape index (κ2) is 8.94. The summed E-state index contributed by atoms with van der Waals surface area (Å²) in [6, 6.07) is 22.2. The summed E-state index contributed by atoms with van der Waals surface area (Å²) in [5, 5.41) is 11.1. The third-order valence-corrected chi connectivity index (χ3v) is 5.88. The summed E-state index contributed by atoms with van der Waals surface area (Å²) < 4.78 is 8.11. The zero-order valence-electron chi connectivity index (χ0n) is 18.7. The topological polar surface area (TPSA) is 47.3 Å². The van der Waals surface area contributed by atoms with Crippen LogP contribution in [0.3, 0.4) is 0 Å². The van der Waals surface area contributed by atoms with Gasteiger partial charge in [-0.2, -0.15) is 0 Å². The number of hydrogen-bond acceptors (Lipinski definition) is 3. The third-order valence-electron chi connectivity index (χ3n) is 5.88. The number of rotatable bonds is 7. The first-order chi connectivity index (χ1) is 14.9. The molecule has 0 aliphatic rings. The Morgan fingerprint density at radius 2 is 1.58 bits per heavy atom. The smallest absolute Gasteiger partial charge is 0.143 e. The molecule has 4 aromatic rings. The molecule has 0 aliphatic heterocycles. The molecular formula is C27H30N2O2. The summed E-state index contributed by atoms with van der Waals surface area (Å²) in [5.41, 5.74) is 6.45. The number of hydrogen-bond donors (Lipinski definition) is 1. The van der Waals surface area contributed by atoms with Crippen LogP contribution in [0, 0.1) is 13.8 Å². The molecule has 1 atom stereocenters. The maximum atomic E-state index is 11.1. The second-order valence-electron chi connectivity index (χ2n) is 8.43. The molecule has 0 saturated carbocycles. The van der Waals surface area contributed by atoms with E-state index in [2.05, 4.69) is 56.5 Å². The Morgan fingerprint density at radius 1 is 0.903 bits per heavy atom. The van der Waals surface area contributed by atoms with E-state index in [0.29, 0.717) is 24.9 Å². The van der Waals surface area contributed by atoms with Crippen molar-refractivity contribution in [2.45, 2.75) is 46.3 Å². The lowest BCUT2D eigenvalue weighted by Gasteiger charge is -2.15. The molecule has 1 N–H and O–H groups in total. The van der Waals surface area contributed by atoms with Gasteiger partial charge in [0, 0.05) is 0 Å². The number of nitrogens with zero attached hydrogens (tertiary/aromatic N) is 2. The van der Waals surface area contributed by atoms with Gasteiger partial charge in [0.1, 0.15) is 24.3 Å². The number of aliphatic hydroxyl groups is 1. The van der Waals surface area contributed by atoms with Crippen LogP contribution in [0.5, 0.6) is 5.75 Å². The van der Waals surface area contributed by atoms with Crippen molar-refractivity contribution < 1.29 is 9.84 Å². The van der Waals surface area contributed by atoms with Crippen molar-refractivity contribution in [1.82, 2.24) is 9.55 Å². The number of fused-ring (bicyclic) bond motifs is 1. The Labute approximate surface area is 184 Å². The predicted molar refractivity (Wildman–Crippen MR) is 126 cm³/mol. The lowest BCUT2D eigenvalue weighted by Crippen LogP contribution is -2.14. The first kappa shape index (κ1) is 21.1. The summed E-state index contributed by atoms with van der Waals surface area (Å²) >= 11 is 0. The van der Waals surface area contributed by atoms with Crippen molar-refractivity contribution in [3.63, 3.8) is 0 Å². The summed E-state index contributed by atoms with van der Waals surface area (Å²) in [6.07, 6.45) is -0.792. The van der Waals surface area contributed by atoms with E-state index in [0.717, 1.165) is 22.3 Å². The molecule has 0 amide bonds. The van der Waals surface area contributed by atoms with Gasteiger partial charge < -0.3 is 14.4 Å². The molecule has 0 aliphatic carbocycles. The number of ether oxygens (including phenoxy) is 1. The monoisotopic (exact) mass is 414 g/mol. The van der Waals surface area contributed by atoms with Gasteiger partial charge in [-0.25, -0.2) is 4.98 Å². The molecule has 0 spiro atoms. The Morgan fingerprint density at radius 3 is 2.26 bits per heavy atom. The van der Waals surface area contributed by atoms with Gasteiger partial charge in [-0.15, -0.1) is 0 Å². The van der Waals surface area contributed by atoms with Gasteiger partial charge in [0.05, 0.1) is 17.6 Å². The third kappa shape index (κ3) is 4.49. The molecule has 0 radical (unpaired) electrons. The molecule has 3 aromatic carbocycles. The summed E-state index contributed by atoms with van der Waals surface area (Å²) in [7, 11) is 0. The maximum Gasteiger partial charge on any atom is 0.143 e. The summed E-state index contributed by atoms with van der Waals surface area (Å²) in [4.78, 5) is 4.80. The van der Waals surface area contributed by atoms with Crippen LogP contribution in [-0.4, -0.2) is 21.3 Å². The van der Waals surface area contributed by atoms with E-state index in [4.69, 9.17) is 9.72 Å². The normalized spacial score (nSPS) is 12.5. The molecule has 1 aromatic heterocycles. The van der Waals surface area contributed by atoms with Crippen molar-refractivity contribution in [1.29, 1.82) is 0 Å². The average molecular weight is 415 g/mol. The van der Waals surface area contributed by atoms with Crippen LogP contribution in [0.1, 0.15) is 53.9 Å². The lowest BCUT2D eigenvalue weighted by molar-refractivity contribution is 0.201. The number of aryl methyl sites for hydroxylation is 2. The summed E-state index contributed by atoms with van der Waals surface area (Å²) in [5.74, 6) is 2.00. The largest absolute Gasteiger partial charge is 0.492 e. The molecule has 1 unspecified atom stereocenters. The minimum atomic E-state index is -0.792. The van der Waals surface area contributed by atoms with Crippen LogP contribution in [0.15, 0.2) is 66.7 Å². The van der Waals surface area contributed by atoms with Gasteiger partial charge in [-0.05, 0) is 66.3 Å². The first-order valence-electron chi connectivity index (χ1n) is 10.9. The molecule has 0 bridgehead atoms. The fraction of sp³-hybridized carbons (Fsp3) is 0.296. The molecule has 4 heteroatoms. The Bertz CT molecular complexity index is 1160. The van der Waals surface area contributed by atoms with E-state index >= 15 is 0 Å². The SMILES string of the molecule is Cc1cc2nc(C(O)c3ccccc3)n(CCOc3ccc(C(C)C)cc3)c2cc1C. The van der Waals surface area contributed by atoms with Gasteiger partial charge in [0.15, 0.2) is 0 Å². The van der Waals surface area contributed by atoms with E-state index in [1.54, 1.807) is 0 Å².